The minimum Gasteiger partial charge on any atom is -0.245 e. The van der Waals surface area contributed by atoms with Crippen LogP contribution in [-0.2, 0) is 6.54 Å². The first-order valence-electron chi connectivity index (χ1n) is 3.64. The first kappa shape index (κ1) is 8.52. The lowest BCUT2D eigenvalue weighted by Gasteiger charge is -1.94. The summed E-state index contributed by atoms with van der Waals surface area (Å²) >= 11 is 6.54. The Morgan fingerprint density at radius 3 is 3.08 bits per heavy atom. The molecule has 2 aromatic heterocycles. The standard InChI is InChI=1S/C6H7N5S2/c1-4-7-5(3-13-4)2-11-6(12)8-9-10-11/h3H,2H2,1H3,(H,8,10,12). The molecule has 0 aliphatic carbocycles. The molecule has 0 amide bonds. The van der Waals surface area contributed by atoms with Gasteiger partial charge < -0.3 is 0 Å². The Labute approximate surface area is 83.4 Å². The van der Waals surface area contributed by atoms with Crippen LogP contribution >= 0.6 is 23.6 Å². The number of thiazole rings is 1. The molecule has 0 radical (unpaired) electrons. The zero-order valence-electron chi connectivity index (χ0n) is 6.89. The van der Waals surface area contributed by atoms with E-state index in [1.54, 1.807) is 16.0 Å². The van der Waals surface area contributed by atoms with Gasteiger partial charge in [-0.15, -0.1) is 11.3 Å². The Morgan fingerprint density at radius 2 is 2.54 bits per heavy atom. The molecule has 0 bridgehead atoms. The fourth-order valence-corrected chi connectivity index (χ4v) is 1.71. The largest absolute Gasteiger partial charge is 0.245 e. The predicted molar refractivity (Wildman–Crippen MR) is 51.2 cm³/mol. The van der Waals surface area contributed by atoms with Crippen LogP contribution in [0.1, 0.15) is 10.7 Å². The normalized spacial score (nSPS) is 10.5. The summed E-state index contributed by atoms with van der Waals surface area (Å²) in [5.41, 5.74) is 0.977. The molecule has 0 aliphatic heterocycles. The molecule has 0 atom stereocenters. The Kier molecular flexibility index (Phi) is 2.19. The quantitative estimate of drug-likeness (QED) is 0.760. The van der Waals surface area contributed by atoms with Gasteiger partial charge in [0, 0.05) is 5.38 Å². The Balaban J connectivity index is 2.24. The van der Waals surface area contributed by atoms with Crippen molar-refractivity contribution in [1.29, 1.82) is 0 Å². The van der Waals surface area contributed by atoms with Crippen LogP contribution in [-0.4, -0.2) is 25.2 Å². The van der Waals surface area contributed by atoms with E-state index in [9.17, 15) is 0 Å². The van der Waals surface area contributed by atoms with Gasteiger partial charge in [0.15, 0.2) is 0 Å². The highest BCUT2D eigenvalue weighted by Crippen LogP contribution is 2.08. The van der Waals surface area contributed by atoms with Gasteiger partial charge in [0.2, 0.25) is 4.77 Å². The van der Waals surface area contributed by atoms with Crippen molar-refractivity contribution < 1.29 is 0 Å². The fourth-order valence-electron chi connectivity index (χ4n) is 0.962. The summed E-state index contributed by atoms with van der Waals surface area (Å²) in [4.78, 5) is 4.30. The number of hydrogen-bond acceptors (Lipinski definition) is 5. The van der Waals surface area contributed by atoms with Crippen LogP contribution < -0.4 is 0 Å². The second kappa shape index (κ2) is 3.35. The van der Waals surface area contributed by atoms with E-state index in [-0.39, 0.29) is 0 Å². The highest BCUT2D eigenvalue weighted by molar-refractivity contribution is 7.71. The molecule has 0 spiro atoms. The van der Waals surface area contributed by atoms with Gasteiger partial charge in [0.05, 0.1) is 17.2 Å². The van der Waals surface area contributed by atoms with Gasteiger partial charge in [-0.05, 0) is 19.1 Å². The van der Waals surface area contributed by atoms with Crippen LogP contribution in [0.4, 0.5) is 0 Å². The summed E-state index contributed by atoms with van der Waals surface area (Å²) < 4.78 is 2.12. The minimum absolute atomic E-state index is 0.450. The van der Waals surface area contributed by atoms with Crippen molar-refractivity contribution in [2.45, 2.75) is 13.5 Å². The van der Waals surface area contributed by atoms with Gasteiger partial charge in [-0.1, -0.05) is 10.3 Å². The number of H-pyrrole nitrogens is 1. The zero-order chi connectivity index (χ0) is 9.26. The molecule has 2 heterocycles. The molecule has 13 heavy (non-hydrogen) atoms. The SMILES string of the molecule is Cc1nc(Cn2[nH]nnc2=S)cs1. The van der Waals surface area contributed by atoms with Gasteiger partial charge in [-0.2, -0.15) is 5.21 Å². The van der Waals surface area contributed by atoms with Crippen molar-refractivity contribution >= 4 is 23.6 Å². The first-order chi connectivity index (χ1) is 6.25. The lowest BCUT2D eigenvalue weighted by Crippen LogP contribution is -2.02. The van der Waals surface area contributed by atoms with Crippen LogP contribution in [0.5, 0.6) is 0 Å². The van der Waals surface area contributed by atoms with Crippen LogP contribution in [0.2, 0.25) is 0 Å². The third-order valence-electron chi connectivity index (χ3n) is 1.52. The summed E-state index contributed by atoms with van der Waals surface area (Å²) in [6, 6.07) is 0. The maximum absolute atomic E-state index is 4.93. The van der Waals surface area contributed by atoms with E-state index in [2.05, 4.69) is 20.5 Å². The second-order valence-corrected chi connectivity index (χ2v) is 3.95. The van der Waals surface area contributed by atoms with Crippen molar-refractivity contribution in [3.05, 3.63) is 20.9 Å². The third-order valence-corrected chi connectivity index (χ3v) is 2.64. The summed E-state index contributed by atoms with van der Waals surface area (Å²) in [5.74, 6) is 0. The Hall–Kier alpha value is -1.08. The van der Waals surface area contributed by atoms with Crippen molar-refractivity contribution in [2.75, 3.05) is 0 Å². The summed E-state index contributed by atoms with van der Waals surface area (Å²) in [6.45, 7) is 2.58. The second-order valence-electron chi connectivity index (χ2n) is 2.53. The number of hydrogen-bond donors (Lipinski definition) is 1. The fraction of sp³-hybridized carbons (Fsp3) is 0.333. The monoisotopic (exact) mass is 213 g/mol. The van der Waals surface area contributed by atoms with Crippen molar-refractivity contribution in [2.24, 2.45) is 0 Å². The number of aromatic nitrogens is 5. The molecule has 2 aromatic rings. The molecule has 0 fully saturated rings. The molecule has 1 N–H and O–H groups in total. The van der Waals surface area contributed by atoms with Crippen molar-refractivity contribution in [3.63, 3.8) is 0 Å². The van der Waals surface area contributed by atoms with Crippen LogP contribution in [0.15, 0.2) is 5.38 Å². The van der Waals surface area contributed by atoms with E-state index >= 15 is 0 Å². The summed E-state index contributed by atoms with van der Waals surface area (Å²) in [6.07, 6.45) is 0. The van der Waals surface area contributed by atoms with Gasteiger partial charge in [-0.25, -0.2) is 9.67 Å². The molecule has 0 unspecified atom stereocenters. The number of tetrazole rings is 1. The van der Waals surface area contributed by atoms with Crippen molar-refractivity contribution in [1.82, 2.24) is 25.2 Å². The average molecular weight is 213 g/mol. The number of aromatic amines is 1. The molecular formula is C6H7N5S2. The molecular weight excluding hydrogens is 206 g/mol. The number of rotatable bonds is 2. The molecule has 0 saturated heterocycles. The van der Waals surface area contributed by atoms with Crippen LogP contribution in [0.3, 0.4) is 0 Å². The van der Waals surface area contributed by atoms with Crippen molar-refractivity contribution in [3.8, 4) is 0 Å². The highest BCUT2D eigenvalue weighted by atomic mass is 32.1. The minimum atomic E-state index is 0.450. The van der Waals surface area contributed by atoms with Gasteiger partial charge >= 0.3 is 0 Å². The smallest absolute Gasteiger partial charge is 0.238 e. The third kappa shape index (κ3) is 1.81. The molecule has 7 heteroatoms. The summed E-state index contributed by atoms with van der Waals surface area (Å²) in [5, 5.41) is 13.0. The lowest BCUT2D eigenvalue weighted by molar-refractivity contribution is 0.633. The van der Waals surface area contributed by atoms with E-state index in [1.807, 2.05) is 12.3 Å². The van der Waals surface area contributed by atoms with E-state index in [1.165, 1.54) is 0 Å². The zero-order valence-corrected chi connectivity index (χ0v) is 8.52. The maximum atomic E-state index is 4.93. The maximum Gasteiger partial charge on any atom is 0.238 e. The lowest BCUT2D eigenvalue weighted by atomic mass is 10.5. The van der Waals surface area contributed by atoms with Crippen LogP contribution in [0, 0.1) is 11.7 Å². The van der Waals surface area contributed by atoms with E-state index in [0.29, 0.717) is 11.3 Å². The van der Waals surface area contributed by atoms with Gasteiger partial charge in [-0.3, -0.25) is 0 Å². The predicted octanol–water partition coefficient (Wildman–Crippen LogP) is 1.15. The Bertz CT molecular complexity index is 453. The molecule has 0 saturated carbocycles. The number of aryl methyl sites for hydroxylation is 1. The van der Waals surface area contributed by atoms with Gasteiger partial charge in [0.1, 0.15) is 0 Å². The van der Waals surface area contributed by atoms with Crippen LogP contribution in [0.25, 0.3) is 0 Å². The Morgan fingerprint density at radius 1 is 1.69 bits per heavy atom. The number of nitrogens with zero attached hydrogens (tertiary/aromatic N) is 4. The molecule has 68 valence electrons. The highest BCUT2D eigenvalue weighted by Gasteiger charge is 2.00. The topological polar surface area (TPSA) is 59.4 Å². The molecule has 5 nitrogen and oxygen atoms in total. The van der Waals surface area contributed by atoms with Gasteiger partial charge in [0.25, 0.3) is 0 Å². The average Bonchev–Trinajstić information content (AvgIpc) is 2.64. The van der Waals surface area contributed by atoms with E-state index in [4.69, 9.17) is 12.2 Å². The number of nitrogens with one attached hydrogen (secondary N) is 1. The molecule has 2 rings (SSSR count). The molecule has 0 aromatic carbocycles. The van der Waals surface area contributed by atoms with E-state index < -0.39 is 0 Å². The molecule has 0 aliphatic rings. The first-order valence-corrected chi connectivity index (χ1v) is 4.93. The summed E-state index contributed by atoms with van der Waals surface area (Å²) in [7, 11) is 0. The van der Waals surface area contributed by atoms with E-state index in [0.717, 1.165) is 10.7 Å².